The lowest BCUT2D eigenvalue weighted by Crippen LogP contribution is -2.32. The molecular formula is C18H17F2NO4. The van der Waals surface area contributed by atoms with E-state index in [1.807, 2.05) is 0 Å². The van der Waals surface area contributed by atoms with E-state index in [9.17, 15) is 18.4 Å². The molecule has 0 saturated carbocycles. The van der Waals surface area contributed by atoms with Gasteiger partial charge in [-0.15, -0.1) is 0 Å². The third-order valence-corrected chi connectivity index (χ3v) is 3.60. The third kappa shape index (κ3) is 4.19. The molecule has 2 aromatic carbocycles. The number of aliphatic hydroxyl groups is 1. The molecule has 0 fully saturated rings. The fourth-order valence-electron chi connectivity index (χ4n) is 2.26. The van der Waals surface area contributed by atoms with E-state index in [1.54, 1.807) is 0 Å². The first-order valence-corrected chi connectivity index (χ1v) is 7.46. The molecule has 0 aliphatic heterocycles. The Bertz CT molecular complexity index is 806. The zero-order chi connectivity index (χ0) is 18.6. The van der Waals surface area contributed by atoms with Gasteiger partial charge in [0.15, 0.2) is 0 Å². The summed E-state index contributed by atoms with van der Waals surface area (Å²) in [7, 11) is 1.13. The van der Waals surface area contributed by atoms with Crippen molar-refractivity contribution >= 4 is 11.9 Å². The fourth-order valence-corrected chi connectivity index (χ4v) is 2.26. The number of hydrogen-bond donors (Lipinski definition) is 2. The van der Waals surface area contributed by atoms with E-state index in [1.165, 1.54) is 31.2 Å². The van der Waals surface area contributed by atoms with E-state index in [4.69, 9.17) is 5.11 Å². The molecule has 2 N–H and O–H groups in total. The predicted molar refractivity (Wildman–Crippen MR) is 86.7 cm³/mol. The third-order valence-electron chi connectivity index (χ3n) is 3.60. The fraction of sp³-hybridized carbons (Fsp3) is 0.222. The monoisotopic (exact) mass is 349 g/mol. The number of ether oxygens (including phenoxy) is 1. The maximum Gasteiger partial charge on any atom is 0.341 e. The van der Waals surface area contributed by atoms with Crippen LogP contribution in [0.3, 0.4) is 0 Å². The molecule has 0 aromatic heterocycles. The van der Waals surface area contributed by atoms with Crippen LogP contribution in [0.5, 0.6) is 0 Å². The normalized spacial score (nSPS) is 11.7. The second-order valence-electron chi connectivity index (χ2n) is 5.35. The topological polar surface area (TPSA) is 75.6 Å². The molecule has 0 unspecified atom stereocenters. The first kappa shape index (κ1) is 18.5. The molecule has 0 bridgehead atoms. The molecular weight excluding hydrogens is 332 g/mol. The van der Waals surface area contributed by atoms with Gasteiger partial charge in [-0.2, -0.15) is 0 Å². The average Bonchev–Trinajstić information content (AvgIpc) is 2.59. The van der Waals surface area contributed by atoms with Crippen molar-refractivity contribution in [1.29, 1.82) is 0 Å². The van der Waals surface area contributed by atoms with Crippen molar-refractivity contribution in [2.24, 2.45) is 0 Å². The minimum Gasteiger partial charge on any atom is -0.465 e. The Hall–Kier alpha value is -2.80. The van der Waals surface area contributed by atoms with Gasteiger partial charge in [0.1, 0.15) is 23.3 Å². The summed E-state index contributed by atoms with van der Waals surface area (Å²) in [5.41, 5.74) is 0.404. The Kier molecular flexibility index (Phi) is 5.82. The van der Waals surface area contributed by atoms with Crippen molar-refractivity contribution in [3.05, 3.63) is 59.2 Å². The molecule has 1 atom stereocenters. The minimum atomic E-state index is -1.20. The Morgan fingerprint density at radius 3 is 2.52 bits per heavy atom. The first-order chi connectivity index (χ1) is 11.8. The average molecular weight is 349 g/mol. The summed E-state index contributed by atoms with van der Waals surface area (Å²) in [6, 6.07) is 8.08. The van der Waals surface area contributed by atoms with Crippen LogP contribution >= 0.6 is 0 Å². The highest BCUT2D eigenvalue weighted by Crippen LogP contribution is 2.28. The van der Waals surface area contributed by atoms with Crippen LogP contribution < -0.4 is 5.32 Å². The summed E-state index contributed by atoms with van der Waals surface area (Å²) in [5, 5.41) is 11.5. The van der Waals surface area contributed by atoms with Crippen LogP contribution in [0.4, 0.5) is 8.78 Å². The molecule has 132 valence electrons. The van der Waals surface area contributed by atoms with Crippen molar-refractivity contribution in [2.45, 2.75) is 19.6 Å². The van der Waals surface area contributed by atoms with Gasteiger partial charge in [0, 0.05) is 12.1 Å². The van der Waals surface area contributed by atoms with Crippen LogP contribution in [0, 0.1) is 11.6 Å². The second-order valence-corrected chi connectivity index (χ2v) is 5.35. The number of hydrogen-bond acceptors (Lipinski definition) is 4. The number of carbonyl (C=O) groups is 2. The quantitative estimate of drug-likeness (QED) is 0.813. The number of carbonyl (C=O) groups excluding carboxylic acids is 2. The number of halogens is 2. The lowest BCUT2D eigenvalue weighted by molar-refractivity contribution is -0.128. The van der Waals surface area contributed by atoms with Crippen LogP contribution in [0.1, 0.15) is 22.8 Å². The van der Waals surface area contributed by atoms with Crippen molar-refractivity contribution in [3.63, 3.8) is 0 Å². The highest BCUT2D eigenvalue weighted by Gasteiger charge is 2.19. The van der Waals surface area contributed by atoms with Gasteiger partial charge >= 0.3 is 5.97 Å². The molecule has 0 aliphatic carbocycles. The molecule has 0 aliphatic rings. The minimum absolute atomic E-state index is 0.108. The van der Waals surface area contributed by atoms with Crippen molar-refractivity contribution in [2.75, 3.05) is 7.11 Å². The molecule has 7 heteroatoms. The Morgan fingerprint density at radius 1 is 1.20 bits per heavy atom. The molecule has 5 nitrogen and oxygen atoms in total. The first-order valence-electron chi connectivity index (χ1n) is 7.46. The number of esters is 1. The van der Waals surface area contributed by atoms with Gasteiger partial charge in [0.25, 0.3) is 0 Å². The van der Waals surface area contributed by atoms with Crippen LogP contribution in [-0.4, -0.2) is 30.2 Å². The summed E-state index contributed by atoms with van der Waals surface area (Å²) in [6.45, 7) is 1.19. The van der Waals surface area contributed by atoms with Crippen LogP contribution in [0.25, 0.3) is 11.1 Å². The summed E-state index contributed by atoms with van der Waals surface area (Å²) < 4.78 is 32.8. The Morgan fingerprint density at radius 2 is 1.92 bits per heavy atom. The molecule has 0 radical (unpaired) electrons. The maximum absolute atomic E-state index is 14.3. The number of amides is 1. The molecule has 0 heterocycles. The lowest BCUT2D eigenvalue weighted by atomic mass is 9.98. The SMILES string of the molecule is COC(=O)c1c(F)cccc1-c1ccc(CNC(=O)[C@H](C)O)c(F)c1. The summed E-state index contributed by atoms with van der Waals surface area (Å²) in [6.07, 6.45) is -1.20. The molecule has 1 amide bonds. The van der Waals surface area contributed by atoms with Gasteiger partial charge in [-0.25, -0.2) is 13.6 Å². The smallest absolute Gasteiger partial charge is 0.341 e. The molecule has 2 rings (SSSR count). The molecule has 25 heavy (non-hydrogen) atoms. The van der Waals surface area contributed by atoms with Crippen molar-refractivity contribution in [3.8, 4) is 11.1 Å². The van der Waals surface area contributed by atoms with Crippen LogP contribution in [-0.2, 0) is 16.1 Å². The number of benzene rings is 2. The standard InChI is InChI=1S/C18H17F2NO4/c1-10(22)17(23)21-9-12-7-6-11(8-15(12)20)13-4-3-5-14(19)16(13)18(24)25-2/h3-8,10,22H,9H2,1-2H3,(H,21,23)/t10-/m0/s1. The summed E-state index contributed by atoms with van der Waals surface area (Å²) in [4.78, 5) is 23.1. The van der Waals surface area contributed by atoms with E-state index in [0.717, 1.165) is 19.2 Å². The number of aliphatic hydroxyl groups excluding tert-OH is 1. The van der Waals surface area contributed by atoms with Gasteiger partial charge in [-0.1, -0.05) is 24.3 Å². The summed E-state index contributed by atoms with van der Waals surface area (Å²) in [5.74, 6) is -2.88. The Balaban J connectivity index is 2.34. The van der Waals surface area contributed by atoms with Crippen molar-refractivity contribution < 1.29 is 28.2 Å². The lowest BCUT2D eigenvalue weighted by Gasteiger charge is -2.12. The molecule has 0 spiro atoms. The van der Waals surface area contributed by atoms with E-state index in [-0.39, 0.29) is 23.2 Å². The highest BCUT2D eigenvalue weighted by atomic mass is 19.1. The van der Waals surface area contributed by atoms with Gasteiger partial charge in [0.2, 0.25) is 5.91 Å². The van der Waals surface area contributed by atoms with Crippen LogP contribution in [0.15, 0.2) is 36.4 Å². The number of rotatable bonds is 5. The largest absolute Gasteiger partial charge is 0.465 e. The van der Waals surface area contributed by atoms with E-state index in [0.29, 0.717) is 5.56 Å². The zero-order valence-corrected chi connectivity index (χ0v) is 13.7. The van der Waals surface area contributed by atoms with Gasteiger partial charge < -0.3 is 15.2 Å². The number of methoxy groups -OCH3 is 1. The van der Waals surface area contributed by atoms with Gasteiger partial charge in [0.05, 0.1) is 7.11 Å². The maximum atomic E-state index is 14.3. The summed E-state index contributed by atoms with van der Waals surface area (Å²) >= 11 is 0. The predicted octanol–water partition coefficient (Wildman–Crippen LogP) is 2.42. The highest BCUT2D eigenvalue weighted by molar-refractivity contribution is 5.97. The zero-order valence-electron chi connectivity index (χ0n) is 13.7. The van der Waals surface area contributed by atoms with Gasteiger partial charge in [-0.05, 0) is 30.2 Å². The second kappa shape index (κ2) is 7.85. The Labute approximate surface area is 143 Å². The van der Waals surface area contributed by atoms with Crippen molar-refractivity contribution in [1.82, 2.24) is 5.32 Å². The van der Waals surface area contributed by atoms with Crippen LogP contribution in [0.2, 0.25) is 0 Å². The van der Waals surface area contributed by atoms with E-state index >= 15 is 0 Å². The molecule has 0 saturated heterocycles. The number of nitrogens with one attached hydrogen (secondary N) is 1. The van der Waals surface area contributed by atoms with E-state index < -0.39 is 29.6 Å². The van der Waals surface area contributed by atoms with Gasteiger partial charge in [-0.3, -0.25) is 4.79 Å². The van der Waals surface area contributed by atoms with E-state index in [2.05, 4.69) is 10.1 Å². The molecule has 2 aromatic rings.